The molecule has 0 aromatic heterocycles. The predicted molar refractivity (Wildman–Crippen MR) is 338 cm³/mol. The highest BCUT2D eigenvalue weighted by Crippen LogP contribution is 2.48. The largest absolute Gasteiger partial charge is 0.311 e. The van der Waals surface area contributed by atoms with Crippen LogP contribution in [0.3, 0.4) is 0 Å². The second kappa shape index (κ2) is 20.0. The number of benzene rings is 12. The molecule has 370 valence electrons. The molecule has 0 bridgehead atoms. The zero-order valence-corrected chi connectivity index (χ0v) is 44.7. The number of para-hydroxylation sites is 5. The van der Waals surface area contributed by atoms with Gasteiger partial charge >= 0.3 is 0 Å². The van der Waals surface area contributed by atoms with Crippen LogP contribution in [0.2, 0.25) is 0 Å². The Morgan fingerprint density at radius 3 is 1.28 bits per heavy atom. The lowest BCUT2D eigenvalue weighted by molar-refractivity contribution is 1.22. The minimum atomic E-state index is -0.133. The number of fused-ring (bicyclic) bond motifs is 6. The molecule has 12 aromatic rings. The Balaban J connectivity index is 1.02. The molecule has 3 nitrogen and oxygen atoms in total. The lowest BCUT2D eigenvalue weighted by atomic mass is 9.31. The van der Waals surface area contributed by atoms with Crippen LogP contribution in [0.4, 0.5) is 51.2 Å². The molecule has 0 N–H and O–H groups in total. The quantitative estimate of drug-likeness (QED) is 0.126. The van der Waals surface area contributed by atoms with E-state index in [2.05, 4.69) is 312 Å². The third kappa shape index (κ3) is 8.28. The molecule has 0 unspecified atom stereocenters. The molecular weight excluding hydrogens is 993 g/mol. The molecule has 79 heavy (non-hydrogen) atoms. The summed E-state index contributed by atoms with van der Waals surface area (Å²) in [6.45, 7) is -0.164. The minimum absolute atomic E-state index is 0.0312. The second-order valence-electron chi connectivity index (χ2n) is 20.3. The van der Waals surface area contributed by atoms with Gasteiger partial charge < -0.3 is 14.7 Å². The molecule has 12 aromatic carbocycles. The SMILES string of the molecule is c1ccc(-c2cccc(-c3ccccc3)c2B2c3ccc(N(c4ccccc4)c4ccccc4)cc3Sc3cc4c(cc32)B2c3ccccc3Sc3cc(N(c5ccccc5)c5ccccc5)cc(c32)N4c2ccccc2)cc1. The maximum Gasteiger partial charge on any atom is 0.249 e. The van der Waals surface area contributed by atoms with E-state index >= 15 is 0 Å². The molecular formula is C72H49B2N3S2. The van der Waals surface area contributed by atoms with E-state index in [0.717, 1.165) is 39.8 Å². The van der Waals surface area contributed by atoms with Crippen molar-refractivity contribution in [1.82, 2.24) is 0 Å². The van der Waals surface area contributed by atoms with Crippen molar-refractivity contribution >= 4 is 121 Å². The number of hydrogen-bond donors (Lipinski definition) is 0. The summed E-state index contributed by atoms with van der Waals surface area (Å²) < 4.78 is 0. The van der Waals surface area contributed by atoms with E-state index in [0.29, 0.717) is 0 Å². The van der Waals surface area contributed by atoms with Gasteiger partial charge in [0.15, 0.2) is 0 Å². The summed E-state index contributed by atoms with van der Waals surface area (Å²) in [4.78, 5) is 12.4. The van der Waals surface area contributed by atoms with Crippen LogP contribution < -0.4 is 47.5 Å². The Kier molecular flexibility index (Phi) is 11.9. The Morgan fingerprint density at radius 2 is 0.709 bits per heavy atom. The van der Waals surface area contributed by atoms with Gasteiger partial charge in [-0.1, -0.05) is 246 Å². The van der Waals surface area contributed by atoms with Gasteiger partial charge in [-0.15, -0.1) is 0 Å². The van der Waals surface area contributed by atoms with E-state index < -0.39 is 0 Å². The topological polar surface area (TPSA) is 9.72 Å². The van der Waals surface area contributed by atoms with Crippen LogP contribution in [0.1, 0.15) is 0 Å². The van der Waals surface area contributed by atoms with Crippen molar-refractivity contribution in [3.63, 3.8) is 0 Å². The van der Waals surface area contributed by atoms with Gasteiger partial charge in [0.05, 0.1) is 0 Å². The van der Waals surface area contributed by atoms with Gasteiger partial charge in [-0.25, -0.2) is 0 Å². The highest BCUT2D eigenvalue weighted by Gasteiger charge is 2.44. The van der Waals surface area contributed by atoms with Crippen molar-refractivity contribution in [3.8, 4) is 22.3 Å². The first-order chi connectivity index (χ1) is 39.2. The predicted octanol–water partition coefficient (Wildman–Crippen LogP) is 15.7. The van der Waals surface area contributed by atoms with E-state index in [1.807, 2.05) is 23.5 Å². The molecule has 0 fully saturated rings. The Morgan fingerprint density at radius 1 is 0.266 bits per heavy atom. The summed E-state index contributed by atoms with van der Waals surface area (Å²) in [6, 6.07) is 110. The fraction of sp³-hybridized carbons (Fsp3) is 0. The third-order valence-electron chi connectivity index (χ3n) is 15.8. The minimum Gasteiger partial charge on any atom is -0.311 e. The highest BCUT2D eigenvalue weighted by molar-refractivity contribution is 8.00. The van der Waals surface area contributed by atoms with Crippen LogP contribution >= 0.6 is 23.5 Å². The molecule has 0 radical (unpaired) electrons. The lowest BCUT2D eigenvalue weighted by Crippen LogP contribution is -2.62. The summed E-state index contributed by atoms with van der Waals surface area (Å²) in [5.74, 6) is 0. The number of anilines is 9. The van der Waals surface area contributed by atoms with Gasteiger partial charge in [0.2, 0.25) is 13.4 Å². The zero-order chi connectivity index (χ0) is 52.2. The average molecular weight is 1040 g/mol. The van der Waals surface area contributed by atoms with E-state index in [4.69, 9.17) is 0 Å². The van der Waals surface area contributed by atoms with Gasteiger partial charge in [0.1, 0.15) is 0 Å². The van der Waals surface area contributed by atoms with Crippen molar-refractivity contribution in [2.75, 3.05) is 14.7 Å². The molecule has 3 aliphatic rings. The zero-order valence-electron chi connectivity index (χ0n) is 43.1. The summed E-state index contributed by atoms with van der Waals surface area (Å²) >= 11 is 3.80. The fourth-order valence-electron chi connectivity index (χ4n) is 12.4. The van der Waals surface area contributed by atoms with Crippen LogP contribution in [0.15, 0.2) is 317 Å². The third-order valence-corrected chi connectivity index (χ3v) is 18.1. The van der Waals surface area contributed by atoms with Gasteiger partial charge in [-0.3, -0.25) is 0 Å². The first kappa shape index (κ1) is 47.1. The molecule has 3 aliphatic heterocycles. The van der Waals surface area contributed by atoms with Crippen molar-refractivity contribution in [2.45, 2.75) is 19.6 Å². The Hall–Kier alpha value is -9.13. The Labute approximate surface area is 471 Å². The van der Waals surface area contributed by atoms with Crippen LogP contribution in [0.5, 0.6) is 0 Å². The van der Waals surface area contributed by atoms with Gasteiger partial charge in [0, 0.05) is 70.8 Å². The number of rotatable bonds is 10. The average Bonchev–Trinajstić information content (AvgIpc) is 3.66. The molecule has 0 aliphatic carbocycles. The molecule has 0 saturated heterocycles. The van der Waals surface area contributed by atoms with E-state index in [1.165, 1.54) is 86.0 Å². The Bertz CT molecular complexity index is 4070. The van der Waals surface area contributed by atoms with E-state index in [-0.39, 0.29) is 13.4 Å². The standard InChI is InChI=1S/C72H49B2N3S2/c1-8-25-50(26-9-1)59-39-24-40-60(51-27-10-2-11-28-51)71(59)74-62-44-43-57(75(52-29-12-3-13-30-52)53-31-14-4-15-32-53)46-68(62)79-69-49-65-63(48-64(69)74)73-61-41-22-23-42-67(61)78-70-47-58(45-66(72(70)73)77(65)56-37-20-7-21-38-56)76(54-33-16-5-17-34-54)55-35-18-6-19-36-55/h1-49H. The fourth-order valence-corrected chi connectivity index (χ4v) is 14.8. The molecule has 0 amide bonds. The molecule has 0 saturated carbocycles. The van der Waals surface area contributed by atoms with E-state index in [9.17, 15) is 0 Å². The summed E-state index contributed by atoms with van der Waals surface area (Å²) in [5, 5.41) is 0. The van der Waals surface area contributed by atoms with Crippen molar-refractivity contribution in [3.05, 3.63) is 297 Å². The second-order valence-corrected chi connectivity index (χ2v) is 22.5. The number of nitrogens with zero attached hydrogens (tertiary/aromatic N) is 3. The smallest absolute Gasteiger partial charge is 0.249 e. The maximum atomic E-state index is 2.63. The van der Waals surface area contributed by atoms with Crippen molar-refractivity contribution in [1.29, 1.82) is 0 Å². The molecule has 15 rings (SSSR count). The maximum absolute atomic E-state index is 2.63. The normalized spacial score (nSPS) is 12.6. The first-order valence-electron chi connectivity index (χ1n) is 27.1. The van der Waals surface area contributed by atoms with Gasteiger partial charge in [0.25, 0.3) is 0 Å². The number of hydrogen-bond acceptors (Lipinski definition) is 5. The summed E-state index contributed by atoms with van der Waals surface area (Å²) in [5.41, 5.74) is 23.0. The lowest BCUT2D eigenvalue weighted by Gasteiger charge is -2.42. The first-order valence-corrected chi connectivity index (χ1v) is 28.7. The molecule has 0 spiro atoms. The van der Waals surface area contributed by atoms with Gasteiger partial charge in [-0.2, -0.15) is 0 Å². The van der Waals surface area contributed by atoms with Crippen LogP contribution in [0.25, 0.3) is 22.3 Å². The monoisotopic (exact) mass is 1040 g/mol. The van der Waals surface area contributed by atoms with E-state index in [1.54, 1.807) is 0 Å². The molecule has 7 heteroatoms. The van der Waals surface area contributed by atoms with Crippen LogP contribution in [-0.4, -0.2) is 13.4 Å². The van der Waals surface area contributed by atoms with Crippen molar-refractivity contribution < 1.29 is 0 Å². The van der Waals surface area contributed by atoms with Gasteiger partial charge in [-0.05, 0) is 130 Å². The van der Waals surface area contributed by atoms with Crippen LogP contribution in [-0.2, 0) is 0 Å². The molecule has 3 heterocycles. The van der Waals surface area contributed by atoms with Crippen LogP contribution in [0, 0.1) is 0 Å². The highest BCUT2D eigenvalue weighted by atomic mass is 32.2. The summed E-state index contributed by atoms with van der Waals surface area (Å²) in [7, 11) is 0. The summed E-state index contributed by atoms with van der Waals surface area (Å²) in [6.07, 6.45) is 0. The molecule has 0 atom stereocenters. The van der Waals surface area contributed by atoms with Crippen molar-refractivity contribution in [2.24, 2.45) is 0 Å².